The Morgan fingerprint density at radius 1 is 1.61 bits per heavy atom. The molecule has 1 aromatic heterocycles. The zero-order chi connectivity index (χ0) is 13.9. The molecule has 0 atom stereocenters. The van der Waals surface area contributed by atoms with Crippen LogP contribution in [0.2, 0.25) is 0 Å². The van der Waals surface area contributed by atoms with Crippen LogP contribution >= 0.6 is 43.2 Å². The lowest BCUT2D eigenvalue weighted by Crippen LogP contribution is -2.42. The molecule has 1 amide bonds. The lowest BCUT2D eigenvalue weighted by Gasteiger charge is -2.22. The summed E-state index contributed by atoms with van der Waals surface area (Å²) in [5, 5.41) is 14.3. The predicted molar refractivity (Wildman–Crippen MR) is 79.2 cm³/mol. The van der Waals surface area contributed by atoms with Crippen LogP contribution in [-0.2, 0) is 0 Å². The molecule has 0 fully saturated rings. The van der Waals surface area contributed by atoms with E-state index in [1.165, 1.54) is 11.3 Å². The fourth-order valence-electron chi connectivity index (χ4n) is 1.07. The Hall–Kier alpha value is -0.600. The zero-order valence-corrected chi connectivity index (χ0v) is 13.8. The van der Waals surface area contributed by atoms with Crippen molar-refractivity contribution in [1.29, 1.82) is 0 Å². The summed E-state index contributed by atoms with van der Waals surface area (Å²) in [5.41, 5.74) is 4.94. The van der Waals surface area contributed by atoms with Crippen LogP contribution in [0.3, 0.4) is 0 Å². The topological polar surface area (TPSA) is 87.7 Å². The second-order valence-electron chi connectivity index (χ2n) is 4.28. The third-order valence-corrected chi connectivity index (χ3v) is 5.62. The minimum absolute atomic E-state index is 0.0799. The summed E-state index contributed by atoms with van der Waals surface area (Å²) in [5.74, 6) is -0.110. The largest absolute Gasteiger partial charge is 0.409 e. The highest BCUT2D eigenvalue weighted by atomic mass is 79.9. The minimum Gasteiger partial charge on any atom is -0.409 e. The Kier molecular flexibility index (Phi) is 5.18. The lowest BCUT2D eigenvalue weighted by molar-refractivity contribution is 0.0948. The maximum Gasteiger partial charge on any atom is 0.261 e. The number of oxime groups is 1. The average Bonchev–Trinajstić information content (AvgIpc) is 2.65. The summed E-state index contributed by atoms with van der Waals surface area (Å²) >= 11 is 7.98. The van der Waals surface area contributed by atoms with E-state index in [1.807, 2.05) is 0 Å². The highest BCUT2D eigenvalue weighted by Crippen LogP contribution is 2.32. The quantitative estimate of drug-likeness (QED) is 0.315. The van der Waals surface area contributed by atoms with Gasteiger partial charge >= 0.3 is 0 Å². The molecule has 8 heteroatoms. The smallest absolute Gasteiger partial charge is 0.261 e. The van der Waals surface area contributed by atoms with Crippen molar-refractivity contribution in [2.45, 2.75) is 13.8 Å². The summed E-state index contributed by atoms with van der Waals surface area (Å²) in [6, 6.07) is 1.74. The van der Waals surface area contributed by atoms with Gasteiger partial charge in [-0.25, -0.2) is 0 Å². The van der Waals surface area contributed by atoms with Gasteiger partial charge in [0.15, 0.2) is 0 Å². The number of halogens is 2. The van der Waals surface area contributed by atoms with Gasteiger partial charge in [-0.05, 0) is 37.9 Å². The highest BCUT2D eigenvalue weighted by molar-refractivity contribution is 9.13. The van der Waals surface area contributed by atoms with Crippen molar-refractivity contribution in [1.82, 2.24) is 5.32 Å². The summed E-state index contributed by atoms with van der Waals surface area (Å²) in [4.78, 5) is 12.5. The fourth-order valence-corrected chi connectivity index (χ4v) is 3.02. The number of hydrogen-bond donors (Lipinski definition) is 3. The van der Waals surface area contributed by atoms with E-state index >= 15 is 0 Å². The van der Waals surface area contributed by atoms with Crippen LogP contribution < -0.4 is 11.1 Å². The number of nitrogens with two attached hydrogens (primary N) is 1. The fraction of sp³-hybridized carbons (Fsp3) is 0.400. The van der Waals surface area contributed by atoms with Gasteiger partial charge in [-0.15, -0.1) is 11.3 Å². The summed E-state index contributed by atoms with van der Waals surface area (Å²) in [6.07, 6.45) is 0. The van der Waals surface area contributed by atoms with Crippen molar-refractivity contribution in [2.75, 3.05) is 6.54 Å². The molecule has 5 nitrogen and oxygen atoms in total. The maximum atomic E-state index is 11.9. The highest BCUT2D eigenvalue weighted by Gasteiger charge is 2.25. The number of thiophene rings is 1. The van der Waals surface area contributed by atoms with Gasteiger partial charge in [-0.3, -0.25) is 4.79 Å². The molecule has 0 aliphatic heterocycles. The third kappa shape index (κ3) is 3.69. The van der Waals surface area contributed by atoms with Crippen molar-refractivity contribution < 1.29 is 10.0 Å². The number of rotatable bonds is 4. The molecule has 100 valence electrons. The van der Waals surface area contributed by atoms with E-state index in [0.717, 1.165) is 8.26 Å². The Balaban J connectivity index is 2.67. The van der Waals surface area contributed by atoms with Crippen LogP contribution in [0.15, 0.2) is 19.5 Å². The monoisotopic (exact) mass is 397 g/mol. The molecule has 0 saturated carbocycles. The van der Waals surface area contributed by atoms with E-state index in [1.54, 1.807) is 19.9 Å². The molecule has 1 heterocycles. The molecule has 0 aliphatic rings. The van der Waals surface area contributed by atoms with Crippen molar-refractivity contribution in [2.24, 2.45) is 16.3 Å². The average molecular weight is 399 g/mol. The molecule has 1 rings (SSSR count). The summed E-state index contributed by atoms with van der Waals surface area (Å²) < 4.78 is 1.71. The van der Waals surface area contributed by atoms with E-state index in [-0.39, 0.29) is 18.3 Å². The molecule has 0 aromatic carbocycles. The van der Waals surface area contributed by atoms with E-state index in [9.17, 15) is 4.79 Å². The van der Waals surface area contributed by atoms with Crippen LogP contribution in [0.4, 0.5) is 0 Å². The Bertz CT molecular complexity index is 466. The Labute approximate surface area is 126 Å². The van der Waals surface area contributed by atoms with E-state index < -0.39 is 5.41 Å². The van der Waals surface area contributed by atoms with Crippen molar-refractivity contribution in [3.05, 3.63) is 19.2 Å². The predicted octanol–water partition coefficient (Wildman–Crippen LogP) is 2.78. The first kappa shape index (κ1) is 15.5. The molecule has 0 unspecified atom stereocenters. The van der Waals surface area contributed by atoms with E-state index in [0.29, 0.717) is 4.88 Å². The normalized spacial score (nSPS) is 12.6. The van der Waals surface area contributed by atoms with Gasteiger partial charge in [0.2, 0.25) is 0 Å². The number of amides is 1. The zero-order valence-electron chi connectivity index (χ0n) is 9.83. The van der Waals surface area contributed by atoms with Gasteiger partial charge < -0.3 is 16.3 Å². The standard InChI is InChI=1S/C10H13Br2N3O2S/c1-10(2,9(13)15-17)4-14-8(16)6-3-5(11)7(12)18-6/h3,17H,4H2,1-2H3,(H2,13,15)(H,14,16). The van der Waals surface area contributed by atoms with Crippen LogP contribution in [0.5, 0.6) is 0 Å². The molecule has 0 saturated heterocycles. The molecule has 0 spiro atoms. The molecular formula is C10H13Br2N3O2S. The second-order valence-corrected chi connectivity index (χ2v) is 7.51. The molecule has 0 bridgehead atoms. The van der Waals surface area contributed by atoms with Gasteiger partial charge in [0, 0.05) is 16.4 Å². The minimum atomic E-state index is -0.601. The number of hydrogen-bond acceptors (Lipinski definition) is 4. The number of carbonyl (C=O) groups excluding carboxylic acids is 1. The third-order valence-electron chi connectivity index (χ3n) is 2.36. The van der Waals surface area contributed by atoms with E-state index in [2.05, 4.69) is 42.3 Å². The molecular weight excluding hydrogens is 386 g/mol. The molecule has 1 aromatic rings. The molecule has 4 N–H and O–H groups in total. The number of amidine groups is 1. The number of nitrogens with zero attached hydrogens (tertiary/aromatic N) is 1. The Morgan fingerprint density at radius 3 is 2.67 bits per heavy atom. The van der Waals surface area contributed by atoms with Crippen molar-refractivity contribution >= 4 is 54.9 Å². The molecule has 0 aliphatic carbocycles. The summed E-state index contributed by atoms with van der Waals surface area (Å²) in [6.45, 7) is 3.85. The van der Waals surface area contributed by atoms with Gasteiger partial charge in [-0.1, -0.05) is 19.0 Å². The first-order valence-electron chi connectivity index (χ1n) is 4.99. The van der Waals surface area contributed by atoms with Gasteiger partial charge in [0.05, 0.1) is 8.66 Å². The maximum absolute atomic E-state index is 11.9. The van der Waals surface area contributed by atoms with Crippen LogP contribution in [-0.4, -0.2) is 23.5 Å². The van der Waals surface area contributed by atoms with Crippen LogP contribution in [0.25, 0.3) is 0 Å². The first-order valence-corrected chi connectivity index (χ1v) is 7.39. The van der Waals surface area contributed by atoms with Crippen molar-refractivity contribution in [3.63, 3.8) is 0 Å². The SMILES string of the molecule is CC(C)(CNC(=O)c1cc(Br)c(Br)s1)C(N)=NO. The summed E-state index contributed by atoms with van der Waals surface area (Å²) in [7, 11) is 0. The van der Waals surface area contributed by atoms with E-state index in [4.69, 9.17) is 10.9 Å². The first-order chi connectivity index (χ1) is 8.27. The van der Waals surface area contributed by atoms with Gasteiger partial charge in [0.25, 0.3) is 5.91 Å². The Morgan fingerprint density at radius 2 is 2.22 bits per heavy atom. The van der Waals surface area contributed by atoms with Gasteiger partial charge in [0.1, 0.15) is 5.84 Å². The number of nitrogens with one attached hydrogen (secondary N) is 1. The van der Waals surface area contributed by atoms with Gasteiger partial charge in [-0.2, -0.15) is 0 Å². The van der Waals surface area contributed by atoms with Crippen LogP contribution in [0.1, 0.15) is 23.5 Å². The molecule has 18 heavy (non-hydrogen) atoms. The second kappa shape index (κ2) is 6.03. The lowest BCUT2D eigenvalue weighted by atomic mass is 9.92. The van der Waals surface area contributed by atoms with Crippen LogP contribution in [0, 0.1) is 5.41 Å². The number of carbonyl (C=O) groups is 1. The molecule has 0 radical (unpaired) electrons. The van der Waals surface area contributed by atoms with Crippen molar-refractivity contribution in [3.8, 4) is 0 Å².